The second-order valence-electron chi connectivity index (χ2n) is 2.37. The molecule has 0 aromatic rings. The molecule has 0 radical (unpaired) electrons. The van der Waals surface area contributed by atoms with E-state index in [1.165, 1.54) is 19.0 Å². The molecule has 0 saturated heterocycles. The number of hydrogen-bond donors (Lipinski definition) is 1. The molecule has 4 nitrogen and oxygen atoms in total. The van der Waals surface area contributed by atoms with Gasteiger partial charge in [-0.15, -0.1) is 0 Å². The Balaban J connectivity index is 2.79. The van der Waals surface area contributed by atoms with E-state index in [9.17, 15) is 4.57 Å². The number of aliphatic hydroxyl groups is 1. The van der Waals surface area contributed by atoms with Gasteiger partial charge in [-0.3, -0.25) is 9.09 Å². The lowest BCUT2D eigenvalue weighted by Crippen LogP contribution is -2.25. The van der Waals surface area contributed by atoms with Gasteiger partial charge in [0.2, 0.25) is 0 Å². The molecule has 1 aliphatic rings. The molecule has 0 aliphatic carbocycles. The first-order valence-electron chi connectivity index (χ1n) is 3.29. The van der Waals surface area contributed by atoms with Crippen molar-refractivity contribution in [1.82, 2.24) is 0 Å². The maximum Gasteiger partial charge on any atom is 0.354 e. The molecule has 0 amide bonds. The van der Waals surface area contributed by atoms with Gasteiger partial charge in [-0.2, -0.15) is 0 Å². The van der Waals surface area contributed by atoms with Gasteiger partial charge in [0.25, 0.3) is 0 Å². The molecule has 3 atom stereocenters. The van der Waals surface area contributed by atoms with Crippen molar-refractivity contribution in [2.45, 2.75) is 19.1 Å². The molecular weight excluding hydrogens is 167 g/mol. The summed E-state index contributed by atoms with van der Waals surface area (Å²) in [5.41, 5.74) is 0. The van der Waals surface area contributed by atoms with Crippen LogP contribution in [0.1, 0.15) is 6.92 Å². The van der Waals surface area contributed by atoms with E-state index in [4.69, 9.17) is 9.63 Å². The fraction of sp³-hybridized carbons (Fsp3) is 0.667. The molecule has 0 saturated carbocycles. The highest BCUT2D eigenvalue weighted by atomic mass is 31.2. The molecule has 1 rings (SSSR count). The third-order valence-corrected chi connectivity index (χ3v) is 3.19. The second kappa shape index (κ2) is 3.07. The van der Waals surface area contributed by atoms with Gasteiger partial charge >= 0.3 is 7.60 Å². The van der Waals surface area contributed by atoms with E-state index in [0.29, 0.717) is 0 Å². The Hall–Kier alpha value is -0.150. The van der Waals surface area contributed by atoms with Gasteiger partial charge in [0, 0.05) is 12.9 Å². The molecule has 0 bridgehead atoms. The standard InChI is InChI=1S/C6H11O4P/c1-5-6(7)3-4-11(8,9-2)10-5/h3-7H,1-2H3. The van der Waals surface area contributed by atoms with E-state index in [1.807, 2.05) is 0 Å². The van der Waals surface area contributed by atoms with Crippen molar-refractivity contribution < 1.29 is 18.7 Å². The Morgan fingerprint density at radius 3 is 2.82 bits per heavy atom. The summed E-state index contributed by atoms with van der Waals surface area (Å²) in [5, 5.41) is 9.12. The second-order valence-corrected chi connectivity index (χ2v) is 4.32. The highest BCUT2D eigenvalue weighted by Crippen LogP contribution is 2.52. The molecule has 64 valence electrons. The summed E-state index contributed by atoms with van der Waals surface area (Å²) < 4.78 is 20.9. The SMILES string of the molecule is COP1(=O)C=CC(O)C(C)O1. The fourth-order valence-corrected chi connectivity index (χ4v) is 2.04. The van der Waals surface area contributed by atoms with Gasteiger partial charge in [-0.05, 0) is 13.0 Å². The molecule has 1 heterocycles. The normalized spacial score (nSPS) is 44.3. The Morgan fingerprint density at radius 1 is 1.73 bits per heavy atom. The highest BCUT2D eigenvalue weighted by molar-refractivity contribution is 7.57. The Kier molecular flexibility index (Phi) is 2.50. The van der Waals surface area contributed by atoms with Crippen LogP contribution in [0.5, 0.6) is 0 Å². The average Bonchev–Trinajstić information content (AvgIpc) is 1.98. The van der Waals surface area contributed by atoms with Gasteiger partial charge in [0.15, 0.2) is 0 Å². The lowest BCUT2D eigenvalue weighted by molar-refractivity contribution is 0.0630. The third-order valence-electron chi connectivity index (χ3n) is 1.51. The summed E-state index contributed by atoms with van der Waals surface area (Å²) in [6.45, 7) is 1.64. The van der Waals surface area contributed by atoms with Crippen molar-refractivity contribution in [3.8, 4) is 0 Å². The summed E-state index contributed by atoms with van der Waals surface area (Å²) in [4.78, 5) is 0. The minimum absolute atomic E-state index is 0.467. The monoisotopic (exact) mass is 178 g/mol. The minimum Gasteiger partial charge on any atom is -0.386 e. The van der Waals surface area contributed by atoms with Gasteiger partial charge in [0.1, 0.15) is 0 Å². The topological polar surface area (TPSA) is 55.8 Å². The third kappa shape index (κ3) is 1.91. The molecule has 5 heteroatoms. The van der Waals surface area contributed by atoms with Crippen LogP contribution >= 0.6 is 7.60 Å². The van der Waals surface area contributed by atoms with Gasteiger partial charge in [-0.1, -0.05) is 0 Å². The zero-order valence-corrected chi connectivity index (χ0v) is 7.32. The molecule has 0 spiro atoms. The van der Waals surface area contributed by atoms with Gasteiger partial charge < -0.3 is 9.63 Å². The lowest BCUT2D eigenvalue weighted by Gasteiger charge is -2.25. The van der Waals surface area contributed by atoms with Crippen LogP contribution in [0.3, 0.4) is 0 Å². The van der Waals surface area contributed by atoms with Crippen molar-refractivity contribution in [3.63, 3.8) is 0 Å². The number of rotatable bonds is 1. The number of hydrogen-bond acceptors (Lipinski definition) is 4. The lowest BCUT2D eigenvalue weighted by atomic mass is 10.2. The maximum atomic E-state index is 11.3. The summed E-state index contributed by atoms with van der Waals surface area (Å²) in [6.07, 6.45) is 0.274. The zero-order valence-electron chi connectivity index (χ0n) is 6.43. The van der Waals surface area contributed by atoms with E-state index in [-0.39, 0.29) is 0 Å². The van der Waals surface area contributed by atoms with E-state index in [2.05, 4.69) is 4.52 Å². The van der Waals surface area contributed by atoms with Crippen molar-refractivity contribution in [2.75, 3.05) is 7.11 Å². The van der Waals surface area contributed by atoms with Gasteiger partial charge in [-0.25, -0.2) is 0 Å². The summed E-state index contributed by atoms with van der Waals surface area (Å²) in [5.74, 6) is 1.28. The molecule has 11 heavy (non-hydrogen) atoms. The van der Waals surface area contributed by atoms with E-state index < -0.39 is 19.8 Å². The predicted octanol–water partition coefficient (Wildman–Crippen LogP) is 1.12. The van der Waals surface area contributed by atoms with Gasteiger partial charge in [0.05, 0.1) is 12.2 Å². The van der Waals surface area contributed by atoms with E-state index in [0.717, 1.165) is 0 Å². The largest absolute Gasteiger partial charge is 0.386 e. The summed E-state index contributed by atoms with van der Waals surface area (Å²) in [6, 6.07) is 0. The molecule has 1 N–H and O–H groups in total. The summed E-state index contributed by atoms with van der Waals surface area (Å²) in [7, 11) is -1.71. The van der Waals surface area contributed by atoms with Crippen molar-refractivity contribution >= 4 is 7.60 Å². The summed E-state index contributed by atoms with van der Waals surface area (Å²) >= 11 is 0. The quantitative estimate of drug-likeness (QED) is 0.611. The van der Waals surface area contributed by atoms with Crippen molar-refractivity contribution in [3.05, 3.63) is 11.9 Å². The number of aliphatic hydroxyl groups excluding tert-OH is 1. The first-order valence-corrected chi connectivity index (χ1v) is 4.90. The Morgan fingerprint density at radius 2 is 2.36 bits per heavy atom. The van der Waals surface area contributed by atoms with Crippen molar-refractivity contribution in [2.24, 2.45) is 0 Å². The van der Waals surface area contributed by atoms with E-state index in [1.54, 1.807) is 6.92 Å². The first kappa shape index (κ1) is 8.94. The Labute approximate surface area is 65.4 Å². The van der Waals surface area contributed by atoms with Crippen LogP contribution in [-0.2, 0) is 13.6 Å². The molecule has 3 unspecified atom stereocenters. The average molecular weight is 178 g/mol. The fourth-order valence-electron chi connectivity index (χ4n) is 0.783. The van der Waals surface area contributed by atoms with E-state index >= 15 is 0 Å². The van der Waals surface area contributed by atoms with Crippen LogP contribution in [0.4, 0.5) is 0 Å². The Bertz CT molecular complexity index is 213. The van der Waals surface area contributed by atoms with Crippen LogP contribution in [0.15, 0.2) is 11.9 Å². The van der Waals surface area contributed by atoms with Crippen LogP contribution in [0.25, 0.3) is 0 Å². The molecule has 0 aromatic heterocycles. The highest BCUT2D eigenvalue weighted by Gasteiger charge is 2.30. The molecule has 1 aliphatic heterocycles. The van der Waals surface area contributed by atoms with Crippen LogP contribution in [-0.4, -0.2) is 24.4 Å². The molecule has 0 aromatic carbocycles. The van der Waals surface area contributed by atoms with Crippen molar-refractivity contribution in [1.29, 1.82) is 0 Å². The first-order chi connectivity index (χ1) is 5.07. The smallest absolute Gasteiger partial charge is 0.354 e. The zero-order chi connectivity index (χ0) is 8.48. The minimum atomic E-state index is -3.03. The van der Waals surface area contributed by atoms with Crippen LogP contribution < -0.4 is 0 Å². The van der Waals surface area contributed by atoms with Crippen LogP contribution in [0, 0.1) is 0 Å². The maximum absolute atomic E-state index is 11.3. The van der Waals surface area contributed by atoms with Crippen LogP contribution in [0.2, 0.25) is 0 Å². The molecular formula is C6H11O4P. The molecule has 0 fully saturated rings. The predicted molar refractivity (Wildman–Crippen MR) is 40.3 cm³/mol.